The summed E-state index contributed by atoms with van der Waals surface area (Å²) in [6.07, 6.45) is 5.03. The van der Waals surface area contributed by atoms with Crippen molar-refractivity contribution in [3.8, 4) is 5.75 Å². The van der Waals surface area contributed by atoms with Gasteiger partial charge in [-0.1, -0.05) is 32.1 Å². The van der Waals surface area contributed by atoms with Gasteiger partial charge >= 0.3 is 0 Å². The van der Waals surface area contributed by atoms with Crippen molar-refractivity contribution in [2.45, 2.75) is 27.2 Å². The van der Waals surface area contributed by atoms with Gasteiger partial charge in [0.1, 0.15) is 5.75 Å². The van der Waals surface area contributed by atoms with E-state index >= 15 is 0 Å². The highest BCUT2D eigenvalue weighted by Crippen LogP contribution is 2.30. The van der Waals surface area contributed by atoms with E-state index in [-0.39, 0.29) is 0 Å². The molecule has 0 spiro atoms. The van der Waals surface area contributed by atoms with Crippen LogP contribution in [-0.2, 0) is 6.42 Å². The summed E-state index contributed by atoms with van der Waals surface area (Å²) >= 11 is 0. The molecule has 0 heterocycles. The first kappa shape index (κ1) is 9.85. The zero-order chi connectivity index (χ0) is 9.84. The Balaban J connectivity index is 0.000000396. The number of aromatic hydroxyl groups is 1. The van der Waals surface area contributed by atoms with Crippen LogP contribution >= 0.6 is 0 Å². The van der Waals surface area contributed by atoms with E-state index < -0.39 is 0 Å². The van der Waals surface area contributed by atoms with Crippen LogP contribution in [0.5, 0.6) is 5.75 Å². The SMILES string of the molecule is CC.Cc1ccc(O)c2c1C=CC2. The number of rotatable bonds is 0. The number of hydrogen-bond acceptors (Lipinski definition) is 1. The Hall–Kier alpha value is -1.24. The van der Waals surface area contributed by atoms with Crippen molar-refractivity contribution in [2.75, 3.05) is 0 Å². The minimum Gasteiger partial charge on any atom is -0.508 e. The van der Waals surface area contributed by atoms with Crippen molar-refractivity contribution in [2.24, 2.45) is 0 Å². The maximum absolute atomic E-state index is 9.42. The summed E-state index contributed by atoms with van der Waals surface area (Å²) in [4.78, 5) is 0. The molecule has 70 valence electrons. The number of aryl methyl sites for hydroxylation is 1. The van der Waals surface area contributed by atoms with Gasteiger partial charge in [-0.05, 0) is 30.5 Å². The predicted octanol–water partition coefficient (Wildman–Crippen LogP) is 3.30. The molecule has 1 aliphatic rings. The molecule has 0 aromatic heterocycles. The largest absolute Gasteiger partial charge is 0.508 e. The van der Waals surface area contributed by atoms with E-state index in [2.05, 4.69) is 19.1 Å². The number of phenolic OH excluding ortho intramolecular Hbond substituents is 1. The number of phenols is 1. The van der Waals surface area contributed by atoms with Gasteiger partial charge in [-0.2, -0.15) is 0 Å². The molecule has 1 aliphatic carbocycles. The third-order valence-electron chi connectivity index (χ3n) is 2.16. The second-order valence-corrected chi connectivity index (χ2v) is 2.90. The van der Waals surface area contributed by atoms with Crippen molar-refractivity contribution >= 4 is 6.08 Å². The van der Waals surface area contributed by atoms with E-state index in [1.54, 1.807) is 6.07 Å². The molecule has 0 saturated carbocycles. The lowest BCUT2D eigenvalue weighted by Gasteiger charge is -2.04. The van der Waals surface area contributed by atoms with Crippen LogP contribution in [0.1, 0.15) is 30.5 Å². The Morgan fingerprint density at radius 1 is 1.23 bits per heavy atom. The number of benzene rings is 1. The van der Waals surface area contributed by atoms with E-state index in [1.165, 1.54) is 11.1 Å². The average Bonchev–Trinajstić information content (AvgIpc) is 2.64. The van der Waals surface area contributed by atoms with Crippen LogP contribution in [-0.4, -0.2) is 5.11 Å². The molecule has 1 heteroatoms. The molecule has 0 bridgehead atoms. The minimum absolute atomic E-state index is 0.426. The van der Waals surface area contributed by atoms with Crippen LogP contribution in [0.25, 0.3) is 6.08 Å². The molecule has 0 atom stereocenters. The second-order valence-electron chi connectivity index (χ2n) is 2.90. The Bertz CT molecular complexity index is 324. The summed E-state index contributed by atoms with van der Waals surface area (Å²) in [6, 6.07) is 3.71. The quantitative estimate of drug-likeness (QED) is 0.643. The summed E-state index contributed by atoms with van der Waals surface area (Å²) < 4.78 is 0. The van der Waals surface area contributed by atoms with Crippen molar-refractivity contribution in [3.63, 3.8) is 0 Å². The van der Waals surface area contributed by atoms with Gasteiger partial charge < -0.3 is 5.11 Å². The third kappa shape index (κ3) is 1.74. The fraction of sp³-hybridized carbons (Fsp3) is 0.333. The molecule has 13 heavy (non-hydrogen) atoms. The maximum Gasteiger partial charge on any atom is 0.119 e. The summed E-state index contributed by atoms with van der Waals surface area (Å²) in [5.41, 5.74) is 3.52. The Kier molecular flexibility index (Phi) is 3.13. The van der Waals surface area contributed by atoms with Crippen LogP contribution in [0.3, 0.4) is 0 Å². The number of hydrogen-bond donors (Lipinski definition) is 1. The molecule has 0 aliphatic heterocycles. The molecule has 1 aromatic carbocycles. The zero-order valence-electron chi connectivity index (χ0n) is 8.46. The molecule has 0 amide bonds. The first-order valence-electron chi connectivity index (χ1n) is 4.77. The average molecular weight is 176 g/mol. The van der Waals surface area contributed by atoms with Gasteiger partial charge in [-0.25, -0.2) is 0 Å². The molecule has 1 nitrogen and oxygen atoms in total. The molecule has 0 radical (unpaired) electrons. The second kappa shape index (κ2) is 4.13. The predicted molar refractivity (Wildman–Crippen MR) is 56.9 cm³/mol. The van der Waals surface area contributed by atoms with E-state index in [4.69, 9.17) is 0 Å². The van der Waals surface area contributed by atoms with E-state index in [9.17, 15) is 5.11 Å². The van der Waals surface area contributed by atoms with Crippen LogP contribution in [0, 0.1) is 6.92 Å². The van der Waals surface area contributed by atoms with E-state index in [0.717, 1.165) is 12.0 Å². The molecular formula is C12H16O. The molecular weight excluding hydrogens is 160 g/mol. The van der Waals surface area contributed by atoms with Crippen molar-refractivity contribution in [3.05, 3.63) is 34.9 Å². The normalized spacial score (nSPS) is 11.9. The Morgan fingerprint density at radius 2 is 1.92 bits per heavy atom. The fourth-order valence-corrected chi connectivity index (χ4v) is 1.51. The summed E-state index contributed by atoms with van der Waals surface area (Å²) in [5, 5.41) is 9.42. The molecule has 0 saturated heterocycles. The van der Waals surface area contributed by atoms with Crippen LogP contribution in [0.4, 0.5) is 0 Å². The van der Waals surface area contributed by atoms with E-state index in [0.29, 0.717) is 5.75 Å². The first-order chi connectivity index (χ1) is 6.29. The van der Waals surface area contributed by atoms with Gasteiger partial charge in [0.2, 0.25) is 0 Å². The van der Waals surface area contributed by atoms with Gasteiger partial charge in [0.15, 0.2) is 0 Å². The summed E-state index contributed by atoms with van der Waals surface area (Å²) in [5.74, 6) is 0.426. The van der Waals surface area contributed by atoms with Crippen LogP contribution in [0.2, 0.25) is 0 Å². The van der Waals surface area contributed by atoms with Gasteiger partial charge in [-0.3, -0.25) is 0 Å². The van der Waals surface area contributed by atoms with Crippen LogP contribution in [0.15, 0.2) is 18.2 Å². The van der Waals surface area contributed by atoms with Crippen LogP contribution < -0.4 is 0 Å². The highest BCUT2D eigenvalue weighted by Gasteiger charge is 2.10. The van der Waals surface area contributed by atoms with Crippen molar-refractivity contribution in [1.82, 2.24) is 0 Å². The third-order valence-corrected chi connectivity index (χ3v) is 2.16. The monoisotopic (exact) mass is 176 g/mol. The van der Waals surface area contributed by atoms with Gasteiger partial charge in [0.05, 0.1) is 0 Å². The minimum atomic E-state index is 0.426. The molecule has 1 N–H and O–H groups in total. The lowest BCUT2D eigenvalue weighted by atomic mass is 10.0. The highest BCUT2D eigenvalue weighted by molar-refractivity contribution is 5.66. The fourth-order valence-electron chi connectivity index (χ4n) is 1.51. The molecule has 1 aromatic rings. The van der Waals surface area contributed by atoms with Gasteiger partial charge in [0.25, 0.3) is 0 Å². The number of fused-ring (bicyclic) bond motifs is 1. The summed E-state index contributed by atoms with van der Waals surface area (Å²) in [6.45, 7) is 6.06. The maximum atomic E-state index is 9.42. The van der Waals surface area contributed by atoms with Gasteiger partial charge in [0, 0.05) is 5.56 Å². The topological polar surface area (TPSA) is 20.2 Å². The number of allylic oxidation sites excluding steroid dienone is 1. The van der Waals surface area contributed by atoms with Gasteiger partial charge in [-0.15, -0.1) is 0 Å². The standard InChI is InChI=1S/C10H10O.C2H6/c1-7-5-6-10(11)9-4-2-3-8(7)9;1-2/h2-3,5-6,11H,4H2,1H3;1-2H3. The lowest BCUT2D eigenvalue weighted by Crippen LogP contribution is -1.85. The smallest absolute Gasteiger partial charge is 0.119 e. The first-order valence-corrected chi connectivity index (χ1v) is 4.77. The van der Waals surface area contributed by atoms with Crippen molar-refractivity contribution in [1.29, 1.82) is 0 Å². The Morgan fingerprint density at radius 3 is 2.54 bits per heavy atom. The molecule has 2 rings (SSSR count). The molecule has 0 unspecified atom stereocenters. The summed E-state index contributed by atoms with van der Waals surface area (Å²) in [7, 11) is 0. The van der Waals surface area contributed by atoms with Crippen molar-refractivity contribution < 1.29 is 5.11 Å². The lowest BCUT2D eigenvalue weighted by molar-refractivity contribution is 0.470. The zero-order valence-corrected chi connectivity index (χ0v) is 8.46. The highest BCUT2D eigenvalue weighted by atomic mass is 16.3. The molecule has 0 fully saturated rings. The Labute approximate surface area is 79.7 Å². The van der Waals surface area contributed by atoms with E-state index in [1.807, 2.05) is 19.9 Å².